The molecule has 0 radical (unpaired) electrons. The third kappa shape index (κ3) is 9.98. The number of hydrogen-bond acceptors (Lipinski definition) is 6. The third-order valence-electron chi connectivity index (χ3n) is 6.41. The molecule has 3 aromatic rings. The van der Waals surface area contributed by atoms with Gasteiger partial charge < -0.3 is 14.6 Å². The second-order valence-corrected chi connectivity index (χ2v) is 12.3. The first-order valence-corrected chi connectivity index (χ1v) is 15.7. The van der Waals surface area contributed by atoms with E-state index in [1.807, 2.05) is 12.1 Å². The minimum Gasteiger partial charge on any atom is -0.497 e. The molecular weight excluding hydrogens is 573 g/mol. The Morgan fingerprint density at radius 3 is 2.17 bits per heavy atom. The van der Waals surface area contributed by atoms with Crippen LogP contribution in [0.25, 0.3) is 0 Å². The van der Waals surface area contributed by atoms with E-state index < -0.39 is 21.6 Å². The van der Waals surface area contributed by atoms with E-state index in [9.17, 15) is 13.2 Å². The number of methoxy groups -OCH3 is 1. The van der Waals surface area contributed by atoms with Gasteiger partial charge in [0.2, 0.25) is 0 Å². The molecule has 0 unspecified atom stereocenters. The fraction of sp³-hybridized carbons (Fsp3) is 0.400. The van der Waals surface area contributed by atoms with E-state index in [4.69, 9.17) is 37.8 Å². The predicted molar refractivity (Wildman–Crippen MR) is 157 cm³/mol. The van der Waals surface area contributed by atoms with Crippen molar-refractivity contribution in [2.24, 2.45) is 0 Å². The van der Waals surface area contributed by atoms with Crippen LogP contribution in [-0.2, 0) is 33.2 Å². The van der Waals surface area contributed by atoms with Gasteiger partial charge >= 0.3 is 5.97 Å². The van der Waals surface area contributed by atoms with Crippen LogP contribution in [0.1, 0.15) is 61.9 Å². The van der Waals surface area contributed by atoms with Crippen LogP contribution in [0.15, 0.2) is 59.5 Å². The van der Waals surface area contributed by atoms with Crippen molar-refractivity contribution in [3.05, 3.63) is 81.6 Å². The molecular formula is C30H35Cl2NO6S. The Hall–Kier alpha value is -2.81. The maximum absolute atomic E-state index is 13.0. The van der Waals surface area contributed by atoms with Crippen LogP contribution in [-0.4, -0.2) is 38.2 Å². The topological polar surface area (TPSA) is 103 Å². The minimum absolute atomic E-state index is 0.0378. The number of sulfone groups is 1. The van der Waals surface area contributed by atoms with Crippen molar-refractivity contribution in [3.8, 4) is 11.5 Å². The number of unbranched alkanes of at least 4 members (excludes halogenated alkanes) is 5. The summed E-state index contributed by atoms with van der Waals surface area (Å²) in [5.41, 5.74) is 2.00. The molecule has 1 heterocycles. The molecule has 0 atom stereocenters. The summed E-state index contributed by atoms with van der Waals surface area (Å²) in [5, 5.41) is 9.23. The number of aliphatic carboxylic acids is 1. The lowest BCUT2D eigenvalue weighted by atomic mass is 10.0. The van der Waals surface area contributed by atoms with Gasteiger partial charge in [0.25, 0.3) is 0 Å². The SMILES string of the molecule is COc1ccc(CCCCCCCCOc2ccc(CS(=O)(=O)c3c(Cl)cccc3Cl)nc2CCC(=O)O)cc1. The number of carbonyl (C=O) groups is 1. The lowest BCUT2D eigenvalue weighted by Gasteiger charge is -2.13. The average molecular weight is 609 g/mol. The van der Waals surface area contributed by atoms with Gasteiger partial charge in [0.15, 0.2) is 9.84 Å². The van der Waals surface area contributed by atoms with Crippen LogP contribution in [0.3, 0.4) is 0 Å². The number of halogens is 2. The van der Waals surface area contributed by atoms with E-state index in [1.54, 1.807) is 25.3 Å². The van der Waals surface area contributed by atoms with E-state index in [-0.39, 0.29) is 33.5 Å². The van der Waals surface area contributed by atoms with Crippen LogP contribution in [0.2, 0.25) is 10.0 Å². The van der Waals surface area contributed by atoms with Gasteiger partial charge in [0.05, 0.1) is 47.3 Å². The van der Waals surface area contributed by atoms with E-state index in [0.717, 1.165) is 44.3 Å². The van der Waals surface area contributed by atoms with E-state index in [1.165, 1.54) is 24.1 Å². The van der Waals surface area contributed by atoms with E-state index in [2.05, 4.69) is 17.1 Å². The highest BCUT2D eigenvalue weighted by molar-refractivity contribution is 7.90. The van der Waals surface area contributed by atoms with Gasteiger partial charge in [0.1, 0.15) is 16.4 Å². The standard InChI is InChI=1S/C30H35Cl2NO6S/c1-38-24-15-12-22(13-16-24)9-6-4-2-3-5-7-20-39-28-18-14-23(33-27(28)17-19-29(34)35)21-40(36,37)30-25(31)10-8-11-26(30)32/h8,10-16,18H,2-7,9,17,19-21H2,1H3,(H,34,35). The highest BCUT2D eigenvalue weighted by Gasteiger charge is 2.23. The molecule has 0 fully saturated rings. The van der Waals surface area contributed by atoms with Crippen molar-refractivity contribution in [2.45, 2.75) is 68.4 Å². The largest absolute Gasteiger partial charge is 0.497 e. The first-order chi connectivity index (χ1) is 19.2. The number of aryl methyl sites for hydroxylation is 2. The average Bonchev–Trinajstić information content (AvgIpc) is 2.91. The molecule has 40 heavy (non-hydrogen) atoms. The van der Waals surface area contributed by atoms with E-state index >= 15 is 0 Å². The second-order valence-electron chi connectivity index (χ2n) is 9.52. The zero-order valence-corrected chi connectivity index (χ0v) is 24.9. The Balaban J connectivity index is 1.47. The molecule has 7 nitrogen and oxygen atoms in total. The van der Waals surface area contributed by atoms with Crippen molar-refractivity contribution in [3.63, 3.8) is 0 Å². The van der Waals surface area contributed by atoms with Crippen molar-refractivity contribution >= 4 is 39.0 Å². The molecule has 0 aliphatic rings. The zero-order chi connectivity index (χ0) is 29.0. The van der Waals surface area contributed by atoms with Gasteiger partial charge in [0, 0.05) is 6.42 Å². The summed E-state index contributed by atoms with van der Waals surface area (Å²) in [4.78, 5) is 15.5. The molecule has 2 aromatic carbocycles. The molecule has 0 bridgehead atoms. The van der Waals surface area contributed by atoms with Crippen LogP contribution < -0.4 is 9.47 Å². The molecule has 1 aromatic heterocycles. The quantitative estimate of drug-likeness (QED) is 0.160. The molecule has 0 aliphatic carbocycles. The molecule has 0 saturated heterocycles. The molecule has 0 spiro atoms. The third-order valence-corrected chi connectivity index (χ3v) is 9.00. The van der Waals surface area contributed by atoms with E-state index in [0.29, 0.717) is 18.1 Å². The fourth-order valence-corrected chi connectivity index (χ4v) is 6.84. The van der Waals surface area contributed by atoms with Crippen molar-refractivity contribution < 1.29 is 27.8 Å². The predicted octanol–water partition coefficient (Wildman–Crippen LogP) is 7.35. The summed E-state index contributed by atoms with van der Waals surface area (Å²) in [6.07, 6.45) is 7.49. The monoisotopic (exact) mass is 607 g/mol. The molecule has 0 amide bonds. The Labute approximate surface area is 246 Å². The number of aromatic nitrogens is 1. The Morgan fingerprint density at radius 1 is 0.875 bits per heavy atom. The van der Waals surface area contributed by atoms with Crippen LogP contribution in [0, 0.1) is 0 Å². The van der Waals surface area contributed by atoms with Gasteiger partial charge in [-0.3, -0.25) is 9.78 Å². The first kappa shape index (κ1) is 31.7. The van der Waals surface area contributed by atoms with Gasteiger partial charge in [-0.2, -0.15) is 0 Å². The number of carboxylic acids is 1. The van der Waals surface area contributed by atoms with Crippen LogP contribution in [0.5, 0.6) is 11.5 Å². The van der Waals surface area contributed by atoms with Gasteiger partial charge in [-0.25, -0.2) is 8.42 Å². The fourth-order valence-electron chi connectivity index (χ4n) is 4.31. The molecule has 1 N–H and O–H groups in total. The van der Waals surface area contributed by atoms with Gasteiger partial charge in [-0.15, -0.1) is 0 Å². The maximum atomic E-state index is 13.0. The van der Waals surface area contributed by atoms with Crippen molar-refractivity contribution in [1.82, 2.24) is 4.98 Å². The lowest BCUT2D eigenvalue weighted by molar-refractivity contribution is -0.136. The highest BCUT2D eigenvalue weighted by Crippen LogP contribution is 2.32. The summed E-state index contributed by atoms with van der Waals surface area (Å²) < 4.78 is 37.1. The molecule has 0 saturated carbocycles. The number of pyridine rings is 1. The summed E-state index contributed by atoms with van der Waals surface area (Å²) in [6.45, 7) is 0.473. The summed E-state index contributed by atoms with van der Waals surface area (Å²) >= 11 is 12.2. The number of ether oxygens (including phenoxy) is 2. The lowest BCUT2D eigenvalue weighted by Crippen LogP contribution is -2.11. The minimum atomic E-state index is -3.88. The Kier molecular flexibility index (Phi) is 12.6. The Morgan fingerprint density at radius 2 is 1.52 bits per heavy atom. The summed E-state index contributed by atoms with van der Waals surface area (Å²) in [7, 11) is -2.21. The second kappa shape index (κ2) is 15.8. The molecule has 0 aliphatic heterocycles. The zero-order valence-electron chi connectivity index (χ0n) is 22.6. The Bertz CT molecular complexity index is 1340. The highest BCUT2D eigenvalue weighted by atomic mass is 35.5. The number of rotatable bonds is 17. The van der Waals surface area contributed by atoms with Gasteiger partial charge in [-0.1, -0.05) is 67.1 Å². The maximum Gasteiger partial charge on any atom is 0.303 e. The van der Waals surface area contributed by atoms with Crippen LogP contribution >= 0.6 is 23.2 Å². The first-order valence-electron chi connectivity index (χ1n) is 13.3. The molecule has 3 rings (SSSR count). The van der Waals surface area contributed by atoms with Gasteiger partial charge in [-0.05, 0) is 61.2 Å². The summed E-state index contributed by atoms with van der Waals surface area (Å²) in [6, 6.07) is 15.9. The van der Waals surface area contributed by atoms with Crippen molar-refractivity contribution in [1.29, 1.82) is 0 Å². The number of nitrogens with zero attached hydrogens (tertiary/aromatic N) is 1. The molecule has 10 heteroatoms. The summed E-state index contributed by atoms with van der Waals surface area (Å²) in [5.74, 6) is -0.0494. The number of hydrogen-bond donors (Lipinski definition) is 1. The van der Waals surface area contributed by atoms with Crippen molar-refractivity contribution in [2.75, 3.05) is 13.7 Å². The smallest absolute Gasteiger partial charge is 0.303 e. The molecule has 216 valence electrons. The number of carboxylic acid groups (broad SMARTS) is 1. The normalized spacial score (nSPS) is 11.4. The number of benzene rings is 2. The van der Waals surface area contributed by atoms with Crippen LogP contribution in [0.4, 0.5) is 0 Å².